The Kier molecular flexibility index (Phi) is 4.03. The van der Waals surface area contributed by atoms with Gasteiger partial charge in [0, 0.05) is 0 Å². The van der Waals surface area contributed by atoms with Gasteiger partial charge in [0.25, 0.3) is 0 Å². The maximum Gasteiger partial charge on any atom is 0.347 e. The number of carboxylic acid groups (broad SMARTS) is 1. The fourth-order valence-corrected chi connectivity index (χ4v) is 1.69. The van der Waals surface area contributed by atoms with Crippen LogP contribution in [0.15, 0.2) is 0 Å². The van der Waals surface area contributed by atoms with Crippen LogP contribution in [0.25, 0.3) is 0 Å². The summed E-state index contributed by atoms with van der Waals surface area (Å²) in [5, 5.41) is 9.17. The van der Waals surface area contributed by atoms with E-state index in [1.807, 2.05) is 0 Å². The predicted molar refractivity (Wildman–Crippen MR) is 57.3 cm³/mol. The molecule has 0 amide bonds. The highest BCUT2D eigenvalue weighted by Crippen LogP contribution is 2.16. The molecule has 0 spiro atoms. The Hall–Kier alpha value is -1.87. The van der Waals surface area contributed by atoms with Gasteiger partial charge in [-0.1, -0.05) is 17.3 Å². The van der Waals surface area contributed by atoms with Gasteiger partial charge in [0.05, 0.1) is 12.8 Å². The van der Waals surface area contributed by atoms with Crippen molar-refractivity contribution in [1.29, 1.82) is 0 Å². The highest BCUT2D eigenvalue weighted by Gasteiger charge is 2.12. The molecule has 0 bridgehead atoms. The summed E-state index contributed by atoms with van der Waals surface area (Å²) in [5.74, 6) is 3.73. The van der Waals surface area contributed by atoms with Crippen LogP contribution in [0, 0.1) is 18.8 Å². The van der Waals surface area contributed by atoms with Crippen molar-refractivity contribution in [2.45, 2.75) is 13.3 Å². The van der Waals surface area contributed by atoms with Crippen LogP contribution in [-0.2, 0) is 9.53 Å². The topological polar surface area (TPSA) is 76.5 Å². The quantitative estimate of drug-likeness (QED) is 0.617. The van der Waals surface area contributed by atoms with Crippen LogP contribution in [0.1, 0.15) is 26.8 Å². The number of hydrogen-bond donors (Lipinski definition) is 1. The summed E-state index contributed by atoms with van der Waals surface area (Å²) in [7, 11) is 1.28. The van der Waals surface area contributed by atoms with E-state index in [0.717, 1.165) is 11.3 Å². The number of carbonyl (C=O) groups is 2. The lowest BCUT2D eigenvalue weighted by atomic mass is 10.4. The Balaban J connectivity index is 2.79. The van der Waals surface area contributed by atoms with Crippen molar-refractivity contribution in [1.82, 2.24) is 4.98 Å². The van der Waals surface area contributed by atoms with Crippen LogP contribution < -0.4 is 0 Å². The summed E-state index contributed by atoms with van der Waals surface area (Å²) in [6.45, 7) is 1.60. The molecule has 16 heavy (non-hydrogen) atoms. The summed E-state index contributed by atoms with van der Waals surface area (Å²) < 4.78 is 4.40. The van der Waals surface area contributed by atoms with Gasteiger partial charge in [-0.05, 0) is 12.8 Å². The van der Waals surface area contributed by atoms with Crippen molar-refractivity contribution in [3.8, 4) is 11.8 Å². The zero-order chi connectivity index (χ0) is 12.1. The molecule has 0 aliphatic carbocycles. The Bertz CT molecular complexity index is 481. The number of hydrogen-bond acceptors (Lipinski definition) is 5. The fraction of sp³-hybridized carbons (Fsp3) is 0.300. The van der Waals surface area contributed by atoms with Crippen molar-refractivity contribution >= 4 is 23.3 Å². The number of thiazole rings is 1. The normalized spacial score (nSPS) is 9.12. The van der Waals surface area contributed by atoms with Gasteiger partial charge < -0.3 is 9.84 Å². The lowest BCUT2D eigenvalue weighted by Gasteiger charge is -1.88. The van der Waals surface area contributed by atoms with Crippen molar-refractivity contribution in [3.63, 3.8) is 0 Å². The first-order valence-corrected chi connectivity index (χ1v) is 5.12. The van der Waals surface area contributed by atoms with E-state index >= 15 is 0 Å². The van der Waals surface area contributed by atoms with Crippen LogP contribution in [0.3, 0.4) is 0 Å². The zero-order valence-corrected chi connectivity index (χ0v) is 9.55. The standard InChI is InChI=1S/C10H9NO4S/c1-6-9(10(13)14)16-7(11-6)4-3-5-8(12)15-2/h5H2,1-2H3,(H,13,14). The van der Waals surface area contributed by atoms with Crippen LogP contribution >= 0.6 is 11.3 Å². The van der Waals surface area contributed by atoms with Gasteiger partial charge in [-0.25, -0.2) is 9.78 Å². The zero-order valence-electron chi connectivity index (χ0n) is 8.73. The number of carbonyl (C=O) groups excluding carboxylic acids is 1. The number of carboxylic acids is 1. The molecule has 1 aromatic heterocycles. The van der Waals surface area contributed by atoms with E-state index in [-0.39, 0.29) is 11.3 Å². The number of nitrogens with zero attached hydrogens (tertiary/aromatic N) is 1. The van der Waals surface area contributed by atoms with Gasteiger partial charge in [0.2, 0.25) is 0 Å². The number of ether oxygens (including phenoxy) is 1. The van der Waals surface area contributed by atoms with Crippen LogP contribution in [-0.4, -0.2) is 29.1 Å². The number of aromatic nitrogens is 1. The largest absolute Gasteiger partial charge is 0.477 e. The average molecular weight is 239 g/mol. The number of rotatable bonds is 2. The van der Waals surface area contributed by atoms with E-state index in [9.17, 15) is 9.59 Å². The van der Waals surface area contributed by atoms with Crippen molar-refractivity contribution in [2.75, 3.05) is 7.11 Å². The van der Waals surface area contributed by atoms with Crippen LogP contribution in [0.4, 0.5) is 0 Å². The van der Waals surface area contributed by atoms with E-state index in [1.54, 1.807) is 6.92 Å². The average Bonchev–Trinajstić information content (AvgIpc) is 2.59. The van der Waals surface area contributed by atoms with Gasteiger partial charge in [-0.3, -0.25) is 4.79 Å². The molecule has 0 aliphatic rings. The molecule has 1 aromatic rings. The summed E-state index contributed by atoms with van der Waals surface area (Å²) in [5.41, 5.74) is 0.430. The van der Waals surface area contributed by atoms with Crippen molar-refractivity contribution in [2.24, 2.45) is 0 Å². The Morgan fingerprint density at radius 1 is 1.56 bits per heavy atom. The molecule has 0 saturated carbocycles. The Morgan fingerprint density at radius 2 is 2.25 bits per heavy atom. The Morgan fingerprint density at radius 3 is 2.75 bits per heavy atom. The fourth-order valence-electron chi connectivity index (χ4n) is 0.912. The van der Waals surface area contributed by atoms with Crippen molar-refractivity contribution < 1.29 is 19.4 Å². The second kappa shape index (κ2) is 5.28. The van der Waals surface area contributed by atoms with E-state index in [1.165, 1.54) is 7.11 Å². The highest BCUT2D eigenvalue weighted by molar-refractivity contribution is 7.14. The molecule has 1 rings (SSSR count). The van der Waals surface area contributed by atoms with Crippen LogP contribution in [0.5, 0.6) is 0 Å². The minimum atomic E-state index is -1.02. The molecule has 0 atom stereocenters. The molecular formula is C10H9NO4S. The second-order valence-corrected chi connectivity index (χ2v) is 3.79. The number of esters is 1. The first kappa shape index (κ1) is 12.2. The molecule has 0 aliphatic heterocycles. The molecule has 5 nitrogen and oxygen atoms in total. The lowest BCUT2D eigenvalue weighted by molar-refractivity contribution is -0.139. The minimum Gasteiger partial charge on any atom is -0.477 e. The van der Waals surface area contributed by atoms with Gasteiger partial charge in [0.1, 0.15) is 11.3 Å². The van der Waals surface area contributed by atoms with Gasteiger partial charge in [0.15, 0.2) is 5.01 Å². The molecule has 0 radical (unpaired) electrons. The first-order valence-electron chi connectivity index (χ1n) is 4.31. The summed E-state index contributed by atoms with van der Waals surface area (Å²) in [4.78, 5) is 25.6. The highest BCUT2D eigenvalue weighted by atomic mass is 32.1. The molecule has 0 fully saturated rings. The molecule has 1 N–H and O–H groups in total. The van der Waals surface area contributed by atoms with E-state index in [0.29, 0.717) is 10.7 Å². The van der Waals surface area contributed by atoms with E-state index in [2.05, 4.69) is 21.6 Å². The monoisotopic (exact) mass is 239 g/mol. The van der Waals surface area contributed by atoms with Gasteiger partial charge in [-0.15, -0.1) is 0 Å². The molecule has 0 aromatic carbocycles. The number of methoxy groups -OCH3 is 1. The minimum absolute atomic E-state index is 0.0302. The predicted octanol–water partition coefficient (Wildman–Crippen LogP) is 1.06. The lowest BCUT2D eigenvalue weighted by Crippen LogP contribution is -1.96. The summed E-state index contributed by atoms with van der Waals surface area (Å²) in [6, 6.07) is 0. The second-order valence-electron chi connectivity index (χ2n) is 2.79. The smallest absolute Gasteiger partial charge is 0.347 e. The Labute approximate surface area is 96.1 Å². The molecular weight excluding hydrogens is 230 g/mol. The van der Waals surface area contributed by atoms with Gasteiger partial charge in [-0.2, -0.15) is 0 Å². The summed E-state index contributed by atoms with van der Waals surface area (Å²) in [6.07, 6.45) is -0.0302. The van der Waals surface area contributed by atoms with E-state index in [4.69, 9.17) is 5.11 Å². The molecule has 84 valence electrons. The maximum absolute atomic E-state index is 10.7. The number of aromatic carboxylic acids is 1. The third kappa shape index (κ3) is 3.07. The maximum atomic E-state index is 10.7. The van der Waals surface area contributed by atoms with Crippen LogP contribution in [0.2, 0.25) is 0 Å². The third-order valence-corrected chi connectivity index (χ3v) is 2.71. The first-order chi connectivity index (χ1) is 7.54. The van der Waals surface area contributed by atoms with Crippen molar-refractivity contribution in [3.05, 3.63) is 15.6 Å². The molecule has 1 heterocycles. The third-order valence-electron chi connectivity index (χ3n) is 1.65. The van der Waals surface area contributed by atoms with Gasteiger partial charge >= 0.3 is 11.9 Å². The summed E-state index contributed by atoms with van der Waals surface area (Å²) >= 11 is 0.990. The molecule has 0 unspecified atom stereocenters. The number of aryl methyl sites for hydroxylation is 1. The molecule has 0 saturated heterocycles. The SMILES string of the molecule is COC(=O)CC#Cc1nc(C)c(C(=O)O)s1. The van der Waals surface area contributed by atoms with E-state index < -0.39 is 11.9 Å². The molecule has 6 heteroatoms.